The van der Waals surface area contributed by atoms with Crippen molar-refractivity contribution in [1.82, 2.24) is 0 Å². The van der Waals surface area contributed by atoms with Gasteiger partial charge in [0.25, 0.3) is 0 Å². The molecule has 0 spiro atoms. The summed E-state index contributed by atoms with van der Waals surface area (Å²) >= 11 is -1.50. The third-order valence-corrected chi connectivity index (χ3v) is 3.04. The zero-order valence-electron chi connectivity index (χ0n) is 10.0. The Morgan fingerprint density at radius 1 is 1.35 bits per heavy atom. The standard InChI is InChI=1S/C12H15FO3S/c1-12(2,3)16-11(14)8-17(15)10-6-4-9(13)5-7-10/h4-7H,8H2,1-3H3/t17-/m0/s1. The van der Waals surface area contributed by atoms with E-state index in [4.69, 9.17) is 4.74 Å². The number of ether oxygens (including phenoxy) is 1. The Bertz CT molecular complexity index is 384. The van der Waals surface area contributed by atoms with Crippen LogP contribution in [0.5, 0.6) is 0 Å². The number of carbonyl (C=O) groups is 1. The lowest BCUT2D eigenvalue weighted by Gasteiger charge is -2.19. The van der Waals surface area contributed by atoms with Crippen molar-refractivity contribution in [3.05, 3.63) is 30.1 Å². The summed E-state index contributed by atoms with van der Waals surface area (Å²) in [6, 6.07) is 5.22. The van der Waals surface area contributed by atoms with E-state index in [-0.39, 0.29) is 5.75 Å². The number of halogens is 1. The number of carbonyl (C=O) groups excluding carboxylic acids is 1. The first-order valence-electron chi connectivity index (χ1n) is 5.14. The first-order chi connectivity index (χ1) is 7.78. The van der Waals surface area contributed by atoms with Crippen molar-refractivity contribution in [2.45, 2.75) is 31.3 Å². The Labute approximate surface area is 103 Å². The van der Waals surface area contributed by atoms with Crippen LogP contribution in [0.3, 0.4) is 0 Å². The Hall–Kier alpha value is -1.07. The second kappa shape index (κ2) is 5.51. The third-order valence-electron chi connectivity index (χ3n) is 1.75. The third kappa shape index (κ3) is 5.19. The van der Waals surface area contributed by atoms with Crippen LogP contribution < -0.4 is 0 Å². The summed E-state index contributed by atoms with van der Waals surface area (Å²) in [5.41, 5.74) is -0.593. The average Bonchev–Trinajstić information content (AvgIpc) is 2.15. The molecule has 0 heterocycles. The van der Waals surface area contributed by atoms with E-state index >= 15 is 0 Å². The molecule has 0 N–H and O–H groups in total. The van der Waals surface area contributed by atoms with E-state index in [0.29, 0.717) is 4.90 Å². The van der Waals surface area contributed by atoms with Crippen molar-refractivity contribution in [3.63, 3.8) is 0 Å². The van der Waals surface area contributed by atoms with E-state index in [1.165, 1.54) is 24.3 Å². The normalized spacial score (nSPS) is 13.2. The molecule has 1 atom stereocenters. The van der Waals surface area contributed by atoms with Gasteiger partial charge < -0.3 is 9.29 Å². The number of hydrogen-bond donors (Lipinski definition) is 0. The van der Waals surface area contributed by atoms with E-state index in [1.54, 1.807) is 20.8 Å². The highest BCUT2D eigenvalue weighted by atomic mass is 32.2. The Morgan fingerprint density at radius 3 is 2.35 bits per heavy atom. The van der Waals surface area contributed by atoms with Crippen LogP contribution in [0.1, 0.15) is 20.8 Å². The fraction of sp³-hybridized carbons (Fsp3) is 0.417. The van der Waals surface area contributed by atoms with E-state index < -0.39 is 28.6 Å². The molecule has 0 amide bonds. The van der Waals surface area contributed by atoms with E-state index in [9.17, 15) is 13.7 Å². The summed E-state index contributed by atoms with van der Waals surface area (Å²) in [7, 11) is 0. The van der Waals surface area contributed by atoms with Gasteiger partial charge in [0.05, 0.1) is 0 Å². The van der Waals surface area contributed by atoms with Crippen molar-refractivity contribution in [2.75, 3.05) is 5.75 Å². The maximum absolute atomic E-state index is 12.6. The van der Waals surface area contributed by atoms with Gasteiger partial charge in [0.15, 0.2) is 4.90 Å². The van der Waals surface area contributed by atoms with E-state index in [0.717, 1.165) is 0 Å². The molecule has 0 aliphatic heterocycles. The molecule has 0 saturated carbocycles. The van der Waals surface area contributed by atoms with Gasteiger partial charge >= 0.3 is 5.97 Å². The van der Waals surface area contributed by atoms with Crippen molar-refractivity contribution >= 4 is 17.1 Å². The molecule has 3 nitrogen and oxygen atoms in total. The Morgan fingerprint density at radius 2 is 1.88 bits per heavy atom. The van der Waals surface area contributed by atoms with Gasteiger partial charge in [-0.2, -0.15) is 0 Å². The van der Waals surface area contributed by atoms with Gasteiger partial charge in [0, 0.05) is 0 Å². The molecule has 1 rings (SSSR count). The van der Waals surface area contributed by atoms with Crippen molar-refractivity contribution in [1.29, 1.82) is 0 Å². The highest BCUT2D eigenvalue weighted by Crippen LogP contribution is 2.14. The van der Waals surface area contributed by atoms with Gasteiger partial charge in [-0.05, 0) is 56.2 Å². The quantitative estimate of drug-likeness (QED) is 0.617. The molecule has 0 aliphatic rings. The van der Waals surface area contributed by atoms with Crippen LogP contribution in [-0.2, 0) is 20.7 Å². The molecule has 0 radical (unpaired) electrons. The smallest absolute Gasteiger partial charge is 0.357 e. The molecule has 94 valence electrons. The second-order valence-corrected chi connectivity index (χ2v) is 5.98. The predicted octanol–water partition coefficient (Wildman–Crippen LogP) is 2.28. The molecule has 0 bridgehead atoms. The zero-order chi connectivity index (χ0) is 13.1. The topological polar surface area (TPSA) is 49.4 Å². The second-order valence-electron chi connectivity index (χ2n) is 4.53. The molecule has 5 heteroatoms. The summed E-state index contributed by atoms with van der Waals surface area (Å²) in [5, 5.41) is 0. The molecular formula is C12H15FO3S. The molecule has 0 saturated heterocycles. The van der Waals surface area contributed by atoms with E-state index in [2.05, 4.69) is 0 Å². The van der Waals surface area contributed by atoms with Crippen LogP contribution in [0.25, 0.3) is 0 Å². The number of benzene rings is 1. The van der Waals surface area contributed by atoms with Gasteiger partial charge in [-0.1, -0.05) is 0 Å². The lowest BCUT2D eigenvalue weighted by Crippen LogP contribution is -2.28. The number of rotatable bonds is 3. The first-order valence-corrected chi connectivity index (χ1v) is 6.45. The lowest BCUT2D eigenvalue weighted by atomic mass is 10.2. The molecular weight excluding hydrogens is 243 g/mol. The molecule has 0 fully saturated rings. The summed E-state index contributed by atoms with van der Waals surface area (Å²) in [4.78, 5) is 11.8. The fourth-order valence-electron chi connectivity index (χ4n) is 1.15. The van der Waals surface area contributed by atoms with Crippen molar-refractivity contribution < 1.29 is 18.5 Å². The largest absolute Gasteiger partial charge is 0.611 e. The van der Waals surface area contributed by atoms with Crippen molar-refractivity contribution in [3.8, 4) is 0 Å². The van der Waals surface area contributed by atoms with Crippen molar-refractivity contribution in [2.24, 2.45) is 0 Å². The first kappa shape index (κ1) is 14.0. The minimum Gasteiger partial charge on any atom is -0.611 e. The van der Waals surface area contributed by atoms with Gasteiger partial charge in [-0.15, -0.1) is 0 Å². The Kier molecular flexibility index (Phi) is 4.54. The highest BCUT2D eigenvalue weighted by Gasteiger charge is 2.22. The maximum Gasteiger partial charge on any atom is 0.357 e. The molecule has 1 aromatic rings. The lowest BCUT2D eigenvalue weighted by molar-refractivity contribution is -0.151. The van der Waals surface area contributed by atoms with Gasteiger partial charge in [-0.25, -0.2) is 9.18 Å². The summed E-state index contributed by atoms with van der Waals surface area (Å²) < 4.78 is 29.4. The molecule has 1 aromatic carbocycles. The summed E-state index contributed by atoms with van der Waals surface area (Å²) in [6.07, 6.45) is 0. The van der Waals surface area contributed by atoms with E-state index in [1.807, 2.05) is 0 Å². The SMILES string of the molecule is CC(C)(C)OC(=O)C[S@+]([O-])c1ccc(F)cc1. The highest BCUT2D eigenvalue weighted by molar-refractivity contribution is 7.92. The minimum atomic E-state index is -1.50. The van der Waals surface area contributed by atoms with Crippen LogP contribution in [0.4, 0.5) is 4.39 Å². The Balaban J connectivity index is 2.57. The summed E-state index contributed by atoms with van der Waals surface area (Å²) in [5.74, 6) is -1.15. The molecule has 0 unspecified atom stereocenters. The van der Waals surface area contributed by atoms with Gasteiger partial charge in [0.2, 0.25) is 5.75 Å². The van der Waals surface area contributed by atoms with Crippen LogP contribution in [0.2, 0.25) is 0 Å². The molecule has 0 aromatic heterocycles. The predicted molar refractivity (Wildman–Crippen MR) is 63.5 cm³/mol. The average molecular weight is 258 g/mol. The zero-order valence-corrected chi connectivity index (χ0v) is 10.8. The van der Waals surface area contributed by atoms with Gasteiger partial charge in [0.1, 0.15) is 11.4 Å². The number of esters is 1. The number of hydrogen-bond acceptors (Lipinski definition) is 3. The molecule has 0 aliphatic carbocycles. The van der Waals surface area contributed by atoms with Crippen LogP contribution in [0.15, 0.2) is 29.2 Å². The minimum absolute atomic E-state index is 0.219. The fourth-order valence-corrected chi connectivity index (χ4v) is 2.03. The monoisotopic (exact) mass is 258 g/mol. The van der Waals surface area contributed by atoms with Crippen LogP contribution >= 0.6 is 0 Å². The maximum atomic E-state index is 12.6. The summed E-state index contributed by atoms with van der Waals surface area (Å²) in [6.45, 7) is 5.23. The van der Waals surface area contributed by atoms with Crippen LogP contribution in [0, 0.1) is 5.82 Å². The van der Waals surface area contributed by atoms with Crippen LogP contribution in [-0.4, -0.2) is 21.9 Å². The molecule has 17 heavy (non-hydrogen) atoms. The van der Waals surface area contributed by atoms with Gasteiger partial charge in [-0.3, -0.25) is 0 Å².